The van der Waals surface area contributed by atoms with Gasteiger partial charge in [-0.1, -0.05) is 13.8 Å². The Balaban J connectivity index is 1.89. The van der Waals surface area contributed by atoms with E-state index in [4.69, 9.17) is 0 Å². The van der Waals surface area contributed by atoms with Crippen molar-refractivity contribution in [3.8, 4) is 0 Å². The van der Waals surface area contributed by atoms with Gasteiger partial charge in [-0.05, 0) is 18.8 Å². The maximum absolute atomic E-state index is 12.0. The van der Waals surface area contributed by atoms with Crippen molar-refractivity contribution in [2.75, 3.05) is 32.8 Å². The average molecular weight is 330 g/mol. The van der Waals surface area contributed by atoms with E-state index in [0.29, 0.717) is 12.5 Å². The van der Waals surface area contributed by atoms with Crippen LogP contribution in [0.4, 0.5) is 0 Å². The van der Waals surface area contributed by atoms with Crippen molar-refractivity contribution < 1.29 is 25.2 Å². The Morgan fingerprint density at radius 2 is 1.74 bits per heavy atom. The Labute approximate surface area is 137 Å². The summed E-state index contributed by atoms with van der Waals surface area (Å²) in [6, 6.07) is -0.552. The molecule has 0 bridgehead atoms. The van der Waals surface area contributed by atoms with Crippen LogP contribution in [0, 0.1) is 11.8 Å². The molecule has 0 aromatic carbocycles. The number of likely N-dealkylation sites (tertiary alicyclic amines) is 2. The molecular weight excluding hydrogens is 300 g/mol. The van der Waals surface area contributed by atoms with Crippen LogP contribution in [0.15, 0.2) is 0 Å². The molecule has 0 saturated carbocycles. The minimum Gasteiger partial charge on any atom is -0.395 e. The molecule has 1 amide bonds. The third kappa shape index (κ3) is 4.22. The fraction of sp³-hybridized carbons (Fsp3) is 0.938. The van der Waals surface area contributed by atoms with E-state index >= 15 is 0 Å². The second kappa shape index (κ2) is 7.90. The van der Waals surface area contributed by atoms with Gasteiger partial charge in [0.05, 0.1) is 18.8 Å². The molecule has 2 heterocycles. The number of carbonyl (C=O) groups excluding carboxylic acids is 1. The Kier molecular flexibility index (Phi) is 6.39. The number of carbonyl (C=O) groups is 1. The van der Waals surface area contributed by atoms with Crippen LogP contribution < -0.4 is 0 Å². The lowest BCUT2D eigenvalue weighted by atomic mass is 9.90. The number of piperidine rings is 2. The number of amides is 1. The van der Waals surface area contributed by atoms with Crippen molar-refractivity contribution in [1.29, 1.82) is 0 Å². The number of nitrogens with zero attached hydrogens (tertiary/aromatic N) is 2. The number of β-amino-alcohol motifs (C(OH)–C–C–N with tert-alkyl or cyclic N) is 1. The molecule has 2 rings (SSSR count). The molecule has 2 aliphatic heterocycles. The third-order valence-corrected chi connectivity index (χ3v) is 5.13. The summed E-state index contributed by atoms with van der Waals surface area (Å²) >= 11 is 0. The first-order valence-corrected chi connectivity index (χ1v) is 8.53. The monoisotopic (exact) mass is 330 g/mol. The van der Waals surface area contributed by atoms with E-state index in [2.05, 4.69) is 0 Å². The first-order chi connectivity index (χ1) is 10.8. The van der Waals surface area contributed by atoms with E-state index in [1.165, 1.54) is 0 Å². The number of rotatable bonds is 4. The van der Waals surface area contributed by atoms with Gasteiger partial charge in [0.25, 0.3) is 0 Å². The Morgan fingerprint density at radius 1 is 1.13 bits per heavy atom. The van der Waals surface area contributed by atoms with Crippen molar-refractivity contribution in [2.24, 2.45) is 11.8 Å². The first-order valence-electron chi connectivity index (χ1n) is 8.53. The Hall–Kier alpha value is -0.730. The fourth-order valence-electron chi connectivity index (χ4n) is 3.62. The van der Waals surface area contributed by atoms with Crippen molar-refractivity contribution in [1.82, 2.24) is 9.80 Å². The molecule has 2 aliphatic rings. The van der Waals surface area contributed by atoms with Gasteiger partial charge in [0.15, 0.2) is 0 Å². The first kappa shape index (κ1) is 18.6. The second-order valence-corrected chi connectivity index (χ2v) is 7.18. The van der Waals surface area contributed by atoms with Gasteiger partial charge in [0, 0.05) is 32.1 Å². The second-order valence-electron chi connectivity index (χ2n) is 7.18. The lowest BCUT2D eigenvalue weighted by molar-refractivity contribution is -0.149. The molecule has 23 heavy (non-hydrogen) atoms. The normalized spacial score (nSPS) is 34.1. The molecule has 0 unspecified atom stereocenters. The summed E-state index contributed by atoms with van der Waals surface area (Å²) in [5.41, 5.74) is 0. The summed E-state index contributed by atoms with van der Waals surface area (Å²) in [5.74, 6) is 0.553. The maximum Gasteiger partial charge on any atom is 0.225 e. The van der Waals surface area contributed by atoms with Gasteiger partial charge in [-0.25, -0.2) is 0 Å². The van der Waals surface area contributed by atoms with Crippen LogP contribution in [0.25, 0.3) is 0 Å². The smallest absolute Gasteiger partial charge is 0.225 e. The number of aliphatic hydroxyl groups is 4. The zero-order chi connectivity index (χ0) is 17.1. The highest BCUT2D eigenvalue weighted by Crippen LogP contribution is 2.25. The van der Waals surface area contributed by atoms with Gasteiger partial charge in [-0.2, -0.15) is 0 Å². The summed E-state index contributed by atoms with van der Waals surface area (Å²) in [6.07, 6.45) is -1.61. The molecule has 0 radical (unpaired) electrons. The largest absolute Gasteiger partial charge is 0.395 e. The molecule has 4 N–H and O–H groups in total. The van der Waals surface area contributed by atoms with E-state index in [9.17, 15) is 25.2 Å². The lowest BCUT2D eigenvalue weighted by Gasteiger charge is -2.45. The average Bonchev–Trinajstić information content (AvgIpc) is 2.53. The van der Waals surface area contributed by atoms with Gasteiger partial charge in [0.2, 0.25) is 5.91 Å². The molecule has 7 heteroatoms. The van der Waals surface area contributed by atoms with Crippen LogP contribution >= 0.6 is 0 Å². The minimum absolute atomic E-state index is 0.0131. The summed E-state index contributed by atoms with van der Waals surface area (Å²) in [7, 11) is 0. The number of aliphatic hydroxyl groups excluding tert-OH is 4. The van der Waals surface area contributed by atoms with Crippen molar-refractivity contribution in [3.63, 3.8) is 0 Å². The SMILES string of the molecule is CC(C)C(=O)N1CCC(CN2C[C@H](O)[C@@H](O)[C@H](O)[C@H]2CO)CC1. The lowest BCUT2D eigenvalue weighted by Crippen LogP contribution is -2.63. The van der Waals surface area contributed by atoms with Crippen LogP contribution in [0.2, 0.25) is 0 Å². The molecule has 7 nitrogen and oxygen atoms in total. The van der Waals surface area contributed by atoms with Gasteiger partial charge in [-0.3, -0.25) is 9.69 Å². The predicted octanol–water partition coefficient (Wildman–Crippen LogP) is -1.36. The highest BCUT2D eigenvalue weighted by Gasteiger charge is 2.41. The Bertz CT molecular complexity index is 398. The van der Waals surface area contributed by atoms with Crippen molar-refractivity contribution >= 4 is 5.91 Å². The molecule has 2 fully saturated rings. The Morgan fingerprint density at radius 3 is 2.26 bits per heavy atom. The molecule has 4 atom stereocenters. The van der Waals surface area contributed by atoms with Crippen LogP contribution in [0.5, 0.6) is 0 Å². The van der Waals surface area contributed by atoms with Crippen LogP contribution in [0.1, 0.15) is 26.7 Å². The summed E-state index contributed by atoms with van der Waals surface area (Å²) in [5, 5.41) is 39.1. The standard InChI is InChI=1S/C16H30N2O5/c1-10(2)16(23)17-5-3-11(4-6-17)7-18-8-13(20)15(22)14(21)12(18)9-19/h10-15,19-22H,3-9H2,1-2H3/t12-,13+,14-,15-/m1/s1. The maximum atomic E-state index is 12.0. The summed E-state index contributed by atoms with van der Waals surface area (Å²) < 4.78 is 0. The molecule has 2 saturated heterocycles. The summed E-state index contributed by atoms with van der Waals surface area (Å²) in [6.45, 7) is 5.91. The zero-order valence-corrected chi connectivity index (χ0v) is 14.0. The highest BCUT2D eigenvalue weighted by atomic mass is 16.4. The molecular formula is C16H30N2O5. The van der Waals surface area contributed by atoms with Gasteiger partial charge in [-0.15, -0.1) is 0 Å². The van der Waals surface area contributed by atoms with E-state index in [1.54, 1.807) is 0 Å². The fourth-order valence-corrected chi connectivity index (χ4v) is 3.62. The van der Waals surface area contributed by atoms with E-state index in [1.807, 2.05) is 23.6 Å². The van der Waals surface area contributed by atoms with E-state index in [-0.39, 0.29) is 25.0 Å². The quantitative estimate of drug-likeness (QED) is 0.508. The van der Waals surface area contributed by atoms with E-state index in [0.717, 1.165) is 25.9 Å². The van der Waals surface area contributed by atoms with Crippen molar-refractivity contribution in [2.45, 2.75) is 51.0 Å². The zero-order valence-electron chi connectivity index (χ0n) is 14.0. The minimum atomic E-state index is -1.21. The third-order valence-electron chi connectivity index (χ3n) is 5.13. The topological polar surface area (TPSA) is 104 Å². The van der Waals surface area contributed by atoms with E-state index < -0.39 is 24.4 Å². The number of hydrogen-bond acceptors (Lipinski definition) is 6. The molecule has 0 aliphatic carbocycles. The van der Waals surface area contributed by atoms with Gasteiger partial charge < -0.3 is 25.3 Å². The van der Waals surface area contributed by atoms with Crippen LogP contribution in [0.3, 0.4) is 0 Å². The molecule has 134 valence electrons. The van der Waals surface area contributed by atoms with Crippen molar-refractivity contribution in [3.05, 3.63) is 0 Å². The molecule has 0 aromatic rings. The molecule has 0 spiro atoms. The molecule has 0 aromatic heterocycles. The summed E-state index contributed by atoms with van der Waals surface area (Å²) in [4.78, 5) is 15.8. The number of hydrogen-bond donors (Lipinski definition) is 4. The predicted molar refractivity (Wildman–Crippen MR) is 84.6 cm³/mol. The van der Waals surface area contributed by atoms with Gasteiger partial charge >= 0.3 is 0 Å². The highest BCUT2D eigenvalue weighted by molar-refractivity contribution is 5.78. The van der Waals surface area contributed by atoms with Crippen LogP contribution in [-0.2, 0) is 4.79 Å². The van der Waals surface area contributed by atoms with Crippen LogP contribution in [-0.4, -0.2) is 93.3 Å². The van der Waals surface area contributed by atoms with Gasteiger partial charge in [0.1, 0.15) is 12.2 Å².